The lowest BCUT2D eigenvalue weighted by atomic mass is 10.1. The van der Waals surface area contributed by atoms with E-state index in [0.717, 1.165) is 5.56 Å². The van der Waals surface area contributed by atoms with Gasteiger partial charge in [0, 0.05) is 6.07 Å². The van der Waals surface area contributed by atoms with E-state index in [1.165, 1.54) is 49.8 Å². The van der Waals surface area contributed by atoms with Crippen LogP contribution in [0.15, 0.2) is 87.1 Å². The van der Waals surface area contributed by atoms with Crippen LogP contribution in [-0.2, 0) is 14.9 Å². The van der Waals surface area contributed by atoms with Crippen LogP contribution < -0.4 is 9.61 Å². The van der Waals surface area contributed by atoms with Crippen LogP contribution in [0, 0.1) is 6.92 Å². The summed E-state index contributed by atoms with van der Waals surface area (Å²) in [6.45, 7) is 1.55. The van der Waals surface area contributed by atoms with Crippen LogP contribution in [0.1, 0.15) is 15.9 Å². The van der Waals surface area contributed by atoms with Gasteiger partial charge in [0.05, 0.1) is 23.6 Å². The smallest absolute Gasteiger partial charge is 0.339 e. The summed E-state index contributed by atoms with van der Waals surface area (Å²) in [7, 11) is -2.95. The zero-order valence-electron chi connectivity index (χ0n) is 17.2. The van der Waals surface area contributed by atoms with Crippen LogP contribution in [0.5, 0.6) is 5.75 Å². The molecular weight excluding hydrogens is 432 g/mol. The van der Waals surface area contributed by atoms with Gasteiger partial charge in [-0.2, -0.15) is 8.42 Å². The van der Waals surface area contributed by atoms with Crippen molar-refractivity contribution in [2.75, 3.05) is 7.11 Å². The van der Waals surface area contributed by atoms with Crippen molar-refractivity contribution >= 4 is 27.1 Å². The molecule has 0 amide bonds. The minimum absolute atomic E-state index is 0.00967. The van der Waals surface area contributed by atoms with E-state index in [0.29, 0.717) is 16.5 Å². The maximum Gasteiger partial charge on any atom is 0.339 e. The Labute approximate surface area is 184 Å². The lowest BCUT2D eigenvalue weighted by Crippen LogP contribution is -2.12. The van der Waals surface area contributed by atoms with Crippen LogP contribution in [0.3, 0.4) is 0 Å². The molecule has 4 aromatic rings. The monoisotopic (exact) mass is 450 g/mol. The highest BCUT2D eigenvalue weighted by molar-refractivity contribution is 7.87. The van der Waals surface area contributed by atoms with Crippen molar-refractivity contribution < 1.29 is 26.5 Å². The number of aryl methyl sites for hydroxylation is 1. The summed E-state index contributed by atoms with van der Waals surface area (Å²) in [5.41, 5.74) is 1.64. The molecule has 0 atom stereocenters. The molecule has 0 saturated heterocycles. The minimum Gasteiger partial charge on any atom is -0.465 e. The zero-order valence-corrected chi connectivity index (χ0v) is 18.0. The number of ether oxygens (including phenoxy) is 1. The number of rotatable bonds is 5. The van der Waals surface area contributed by atoms with Crippen molar-refractivity contribution in [3.8, 4) is 16.9 Å². The van der Waals surface area contributed by atoms with Gasteiger partial charge >= 0.3 is 16.1 Å². The Morgan fingerprint density at radius 2 is 1.72 bits per heavy atom. The van der Waals surface area contributed by atoms with Gasteiger partial charge in [0.2, 0.25) is 0 Å². The van der Waals surface area contributed by atoms with Gasteiger partial charge in [-0.05, 0) is 48.4 Å². The highest BCUT2D eigenvalue weighted by Crippen LogP contribution is 2.26. The Morgan fingerprint density at radius 1 is 0.969 bits per heavy atom. The highest BCUT2D eigenvalue weighted by Gasteiger charge is 2.21. The molecule has 0 aliphatic carbocycles. The summed E-state index contributed by atoms with van der Waals surface area (Å²) in [6.07, 6.45) is 1.34. The van der Waals surface area contributed by atoms with E-state index in [9.17, 15) is 18.0 Å². The van der Waals surface area contributed by atoms with E-state index in [2.05, 4.69) is 4.74 Å². The van der Waals surface area contributed by atoms with Crippen LogP contribution in [0.4, 0.5) is 0 Å². The summed E-state index contributed by atoms with van der Waals surface area (Å²) >= 11 is 0. The normalized spacial score (nSPS) is 11.3. The molecule has 0 fully saturated rings. The molecule has 1 heterocycles. The zero-order chi connectivity index (χ0) is 22.9. The first-order chi connectivity index (χ1) is 15.3. The molecule has 7 nitrogen and oxygen atoms in total. The molecule has 4 rings (SSSR count). The third-order valence-corrected chi connectivity index (χ3v) is 6.31. The van der Waals surface area contributed by atoms with Crippen molar-refractivity contribution in [2.45, 2.75) is 11.8 Å². The summed E-state index contributed by atoms with van der Waals surface area (Å²) in [4.78, 5) is 24.4. The van der Waals surface area contributed by atoms with Gasteiger partial charge in [-0.1, -0.05) is 30.3 Å². The summed E-state index contributed by atoms with van der Waals surface area (Å²) < 4.78 is 41.1. The van der Waals surface area contributed by atoms with Gasteiger partial charge in [-0.15, -0.1) is 0 Å². The maximum absolute atomic E-state index is 12.8. The molecule has 0 spiro atoms. The molecule has 0 aliphatic rings. The first-order valence-corrected chi connectivity index (χ1v) is 11.0. The molecule has 8 heteroatoms. The lowest BCUT2D eigenvalue weighted by Gasteiger charge is -2.11. The predicted molar refractivity (Wildman–Crippen MR) is 118 cm³/mol. The third-order valence-electron chi connectivity index (χ3n) is 4.90. The molecule has 162 valence electrons. The van der Waals surface area contributed by atoms with Gasteiger partial charge < -0.3 is 13.3 Å². The fourth-order valence-electron chi connectivity index (χ4n) is 3.32. The Hall–Kier alpha value is -3.91. The second-order valence-electron chi connectivity index (χ2n) is 7.01. The average Bonchev–Trinajstić information content (AvgIpc) is 2.78. The van der Waals surface area contributed by atoms with Gasteiger partial charge in [0.15, 0.2) is 5.43 Å². The Balaban J connectivity index is 1.67. The van der Waals surface area contributed by atoms with Crippen LogP contribution in [-0.4, -0.2) is 21.5 Å². The second-order valence-corrected chi connectivity index (χ2v) is 8.53. The Kier molecular flexibility index (Phi) is 5.54. The first kappa shape index (κ1) is 21.3. The quantitative estimate of drug-likeness (QED) is 0.330. The van der Waals surface area contributed by atoms with Gasteiger partial charge in [0.25, 0.3) is 0 Å². The highest BCUT2D eigenvalue weighted by atomic mass is 32.2. The number of carbonyl (C=O) groups is 1. The van der Waals surface area contributed by atoms with Gasteiger partial charge in [-0.3, -0.25) is 4.79 Å². The first-order valence-electron chi connectivity index (χ1n) is 9.54. The number of benzene rings is 3. The molecule has 0 N–H and O–H groups in total. The van der Waals surface area contributed by atoms with Crippen LogP contribution >= 0.6 is 0 Å². The summed E-state index contributed by atoms with van der Waals surface area (Å²) in [5.74, 6) is -0.582. The van der Waals surface area contributed by atoms with Crippen molar-refractivity contribution in [3.63, 3.8) is 0 Å². The largest absolute Gasteiger partial charge is 0.465 e. The van der Waals surface area contributed by atoms with Crippen molar-refractivity contribution in [3.05, 3.63) is 94.3 Å². The van der Waals surface area contributed by atoms with E-state index < -0.39 is 16.1 Å². The minimum atomic E-state index is -4.20. The molecule has 0 saturated carbocycles. The van der Waals surface area contributed by atoms with Crippen molar-refractivity contribution in [1.29, 1.82) is 0 Å². The fraction of sp³-hybridized carbons (Fsp3) is 0.0833. The summed E-state index contributed by atoms with van der Waals surface area (Å²) in [5, 5.41) is 0.301. The molecule has 1 aromatic heterocycles. The van der Waals surface area contributed by atoms with Crippen molar-refractivity contribution in [2.24, 2.45) is 0 Å². The molecular formula is C24H18O7S. The van der Waals surface area contributed by atoms with E-state index >= 15 is 0 Å². The number of esters is 1. The second kappa shape index (κ2) is 8.32. The molecule has 0 radical (unpaired) electrons. The molecule has 32 heavy (non-hydrogen) atoms. The lowest BCUT2D eigenvalue weighted by molar-refractivity contribution is 0.0600. The molecule has 0 bridgehead atoms. The topological polar surface area (TPSA) is 99.9 Å². The van der Waals surface area contributed by atoms with E-state index in [1.807, 2.05) is 18.2 Å². The maximum atomic E-state index is 12.8. The number of fused-ring (bicyclic) bond motifs is 1. The van der Waals surface area contributed by atoms with E-state index in [4.69, 9.17) is 8.60 Å². The Bertz CT molecular complexity index is 1490. The van der Waals surface area contributed by atoms with Gasteiger partial charge in [-0.25, -0.2) is 4.79 Å². The molecule has 3 aromatic carbocycles. The number of hydrogen-bond acceptors (Lipinski definition) is 7. The summed E-state index contributed by atoms with van der Waals surface area (Å²) in [6, 6.07) is 17.3. The Morgan fingerprint density at radius 3 is 2.41 bits per heavy atom. The number of carbonyl (C=O) groups excluding carboxylic acids is 1. The molecule has 0 aliphatic heterocycles. The SMILES string of the molecule is COC(=O)c1ccc(S(=O)(=O)Oc2ccc3c(=O)c(-c4ccccc4)coc3c2)c(C)c1. The van der Waals surface area contributed by atoms with Crippen LogP contribution in [0.2, 0.25) is 0 Å². The van der Waals surface area contributed by atoms with E-state index in [1.54, 1.807) is 19.1 Å². The number of hydrogen-bond donors (Lipinski definition) is 0. The van der Waals surface area contributed by atoms with E-state index in [-0.39, 0.29) is 27.2 Å². The van der Waals surface area contributed by atoms with Crippen LogP contribution in [0.25, 0.3) is 22.1 Å². The fourth-order valence-corrected chi connectivity index (χ4v) is 4.46. The predicted octanol–water partition coefficient (Wildman–Crippen LogP) is 4.32. The van der Waals surface area contributed by atoms with Gasteiger partial charge in [0.1, 0.15) is 22.5 Å². The molecule has 0 unspecified atom stereocenters. The number of methoxy groups -OCH3 is 1. The van der Waals surface area contributed by atoms with Crippen molar-refractivity contribution in [1.82, 2.24) is 0 Å². The third kappa shape index (κ3) is 4.00. The standard InChI is InChI=1S/C24H18O7S/c1-15-12-17(24(26)29-2)8-11-22(15)32(27,28)31-18-9-10-19-21(13-18)30-14-20(23(19)25)16-6-4-3-5-7-16/h3-14H,1-2H3. The average molecular weight is 450 g/mol.